The molecule has 0 saturated carbocycles. The Bertz CT molecular complexity index is 1230. The lowest BCUT2D eigenvalue weighted by atomic mass is 10.1. The Morgan fingerprint density at radius 1 is 1.08 bits per heavy atom. The molecule has 12 heteroatoms. The van der Waals surface area contributed by atoms with E-state index in [1.807, 2.05) is 24.3 Å². The number of benzene rings is 2. The average molecular weight is 495 g/mol. The molecular formula is C24H25N5O7. The van der Waals surface area contributed by atoms with E-state index >= 15 is 0 Å². The van der Waals surface area contributed by atoms with E-state index in [9.17, 15) is 28.8 Å². The molecule has 5 amide bonds. The van der Waals surface area contributed by atoms with Crippen molar-refractivity contribution in [3.05, 3.63) is 48.0 Å². The van der Waals surface area contributed by atoms with Gasteiger partial charge < -0.3 is 15.2 Å². The molecule has 36 heavy (non-hydrogen) atoms. The molecule has 2 aromatic rings. The summed E-state index contributed by atoms with van der Waals surface area (Å²) >= 11 is 0. The molecule has 2 aliphatic rings. The Hall–Kier alpha value is -4.48. The van der Waals surface area contributed by atoms with Crippen molar-refractivity contribution in [3.8, 4) is 0 Å². The maximum atomic E-state index is 13.5. The average Bonchev–Trinajstić information content (AvgIpc) is 2.99. The van der Waals surface area contributed by atoms with Crippen molar-refractivity contribution in [1.82, 2.24) is 25.8 Å². The normalized spacial score (nSPS) is 18.8. The minimum absolute atomic E-state index is 0.0788. The number of amides is 5. The second kappa shape index (κ2) is 10.4. The van der Waals surface area contributed by atoms with Crippen LogP contribution in [0.5, 0.6) is 0 Å². The van der Waals surface area contributed by atoms with Crippen LogP contribution in [0.3, 0.4) is 0 Å². The van der Waals surface area contributed by atoms with Gasteiger partial charge in [-0.2, -0.15) is 0 Å². The third kappa shape index (κ3) is 5.11. The van der Waals surface area contributed by atoms with Crippen molar-refractivity contribution in [3.63, 3.8) is 0 Å². The maximum absolute atomic E-state index is 13.5. The SMILES string of the molecule is O=CC(CC(=O)O)NC(=O)C1CCCN2C(=O)CCN(NC(=O)c3ccc4ccccc4c3)C(=O)N12. The number of rotatable bonds is 7. The zero-order chi connectivity index (χ0) is 25.8. The molecule has 2 aromatic carbocycles. The van der Waals surface area contributed by atoms with Gasteiger partial charge in [-0.15, -0.1) is 0 Å². The molecule has 0 bridgehead atoms. The minimum atomic E-state index is -1.29. The molecule has 2 heterocycles. The molecule has 188 valence electrons. The highest BCUT2D eigenvalue weighted by Crippen LogP contribution is 2.24. The summed E-state index contributed by atoms with van der Waals surface area (Å²) in [5.41, 5.74) is 2.85. The Kier molecular flexibility index (Phi) is 7.13. The van der Waals surface area contributed by atoms with Crippen LogP contribution < -0.4 is 10.7 Å². The van der Waals surface area contributed by atoms with E-state index in [1.165, 1.54) is 5.01 Å². The monoisotopic (exact) mass is 495 g/mol. The van der Waals surface area contributed by atoms with Crippen LogP contribution in [0.15, 0.2) is 42.5 Å². The van der Waals surface area contributed by atoms with Crippen molar-refractivity contribution < 1.29 is 33.9 Å². The number of aliphatic carboxylic acids is 1. The lowest BCUT2D eigenvalue weighted by Crippen LogP contribution is -2.64. The van der Waals surface area contributed by atoms with Crippen LogP contribution in [0.25, 0.3) is 10.8 Å². The number of carboxylic acids is 1. The standard InChI is InChI=1S/C24H25N5O7/c30-14-18(13-21(32)33)25-23(35)19-6-3-10-28-20(31)9-11-27(24(36)29(19)28)26-22(34)17-8-7-15-4-1-2-5-16(15)12-17/h1-2,4-5,7-8,12,14,18-19H,3,6,9-11,13H2,(H,25,35)(H,26,34)(H,32,33). The zero-order valence-electron chi connectivity index (χ0n) is 19.3. The molecule has 0 spiro atoms. The number of carbonyl (C=O) groups is 6. The van der Waals surface area contributed by atoms with Crippen LogP contribution in [-0.4, -0.2) is 81.3 Å². The third-order valence-corrected chi connectivity index (χ3v) is 6.10. The van der Waals surface area contributed by atoms with Crippen LogP contribution in [0.1, 0.15) is 36.0 Å². The first-order chi connectivity index (χ1) is 17.3. The van der Waals surface area contributed by atoms with Crippen molar-refractivity contribution in [2.24, 2.45) is 0 Å². The predicted molar refractivity (Wildman–Crippen MR) is 125 cm³/mol. The van der Waals surface area contributed by atoms with Gasteiger partial charge in [-0.1, -0.05) is 30.3 Å². The molecule has 2 atom stereocenters. The van der Waals surface area contributed by atoms with Crippen LogP contribution in [0.2, 0.25) is 0 Å². The number of nitrogens with one attached hydrogen (secondary N) is 2. The molecule has 0 radical (unpaired) electrons. The largest absolute Gasteiger partial charge is 0.481 e. The fourth-order valence-corrected chi connectivity index (χ4v) is 4.33. The molecule has 0 aliphatic carbocycles. The van der Waals surface area contributed by atoms with Crippen LogP contribution in [0.4, 0.5) is 4.79 Å². The van der Waals surface area contributed by atoms with Gasteiger partial charge in [0.05, 0.1) is 19.0 Å². The van der Waals surface area contributed by atoms with E-state index in [2.05, 4.69) is 10.7 Å². The fraction of sp³-hybridized carbons (Fsp3) is 0.333. The summed E-state index contributed by atoms with van der Waals surface area (Å²) in [6.45, 7) is 0.0986. The maximum Gasteiger partial charge on any atom is 0.358 e. The van der Waals surface area contributed by atoms with Gasteiger partial charge in [0.2, 0.25) is 11.8 Å². The van der Waals surface area contributed by atoms with Crippen molar-refractivity contribution in [2.45, 2.75) is 37.8 Å². The smallest absolute Gasteiger partial charge is 0.358 e. The number of hydrazine groups is 2. The van der Waals surface area contributed by atoms with Gasteiger partial charge in [0.1, 0.15) is 12.3 Å². The summed E-state index contributed by atoms with van der Waals surface area (Å²) in [5.74, 6) is -3.00. The van der Waals surface area contributed by atoms with E-state index < -0.39 is 48.2 Å². The Labute approximate surface area is 205 Å². The highest BCUT2D eigenvalue weighted by molar-refractivity contribution is 6.00. The summed E-state index contributed by atoms with van der Waals surface area (Å²) in [5, 5.41) is 16.2. The summed E-state index contributed by atoms with van der Waals surface area (Å²) in [6, 6.07) is 9.34. The Balaban J connectivity index is 1.54. The molecule has 4 rings (SSSR count). The number of hydrogen-bond acceptors (Lipinski definition) is 6. The lowest BCUT2D eigenvalue weighted by molar-refractivity contribution is -0.155. The van der Waals surface area contributed by atoms with Crippen molar-refractivity contribution in [2.75, 3.05) is 13.1 Å². The topological polar surface area (TPSA) is 156 Å². The van der Waals surface area contributed by atoms with Gasteiger partial charge in [-0.25, -0.2) is 19.8 Å². The molecule has 2 fully saturated rings. The summed E-state index contributed by atoms with van der Waals surface area (Å²) in [4.78, 5) is 74.3. The Morgan fingerprint density at radius 3 is 2.56 bits per heavy atom. The number of hydrogen-bond donors (Lipinski definition) is 3. The quantitative estimate of drug-likeness (QED) is 0.477. The predicted octanol–water partition coefficient (Wildman–Crippen LogP) is 0.677. The van der Waals surface area contributed by atoms with Crippen LogP contribution in [-0.2, 0) is 19.2 Å². The van der Waals surface area contributed by atoms with Gasteiger partial charge in [0.25, 0.3) is 5.91 Å². The van der Waals surface area contributed by atoms with Crippen LogP contribution >= 0.6 is 0 Å². The molecular weight excluding hydrogens is 470 g/mol. The molecule has 0 aromatic heterocycles. The van der Waals surface area contributed by atoms with E-state index in [-0.39, 0.29) is 25.9 Å². The zero-order valence-corrected chi connectivity index (χ0v) is 19.3. The first-order valence-electron chi connectivity index (χ1n) is 11.5. The van der Waals surface area contributed by atoms with Crippen molar-refractivity contribution >= 4 is 46.8 Å². The molecule has 3 N–H and O–H groups in total. The van der Waals surface area contributed by atoms with E-state index in [0.29, 0.717) is 18.3 Å². The van der Waals surface area contributed by atoms with Gasteiger partial charge in [-0.05, 0) is 35.7 Å². The molecule has 2 unspecified atom stereocenters. The number of carbonyl (C=O) groups excluding carboxylic acids is 5. The van der Waals surface area contributed by atoms with E-state index in [1.54, 1.807) is 18.2 Å². The molecule has 12 nitrogen and oxygen atoms in total. The highest BCUT2D eigenvalue weighted by Gasteiger charge is 2.44. The number of aldehydes is 1. The number of urea groups is 1. The number of carboxylic acid groups (broad SMARTS) is 1. The van der Waals surface area contributed by atoms with Gasteiger partial charge >= 0.3 is 12.0 Å². The first-order valence-corrected chi connectivity index (χ1v) is 11.5. The third-order valence-electron chi connectivity index (χ3n) is 6.10. The number of nitrogens with zero attached hydrogens (tertiary/aromatic N) is 3. The summed E-state index contributed by atoms with van der Waals surface area (Å²) in [7, 11) is 0. The summed E-state index contributed by atoms with van der Waals surface area (Å²) in [6.07, 6.45) is 0.212. The molecule has 2 saturated heterocycles. The second-order valence-electron chi connectivity index (χ2n) is 8.56. The fourth-order valence-electron chi connectivity index (χ4n) is 4.33. The highest BCUT2D eigenvalue weighted by atomic mass is 16.4. The lowest BCUT2D eigenvalue weighted by Gasteiger charge is -2.42. The number of fused-ring (bicyclic) bond motifs is 2. The Morgan fingerprint density at radius 2 is 1.83 bits per heavy atom. The minimum Gasteiger partial charge on any atom is -0.481 e. The van der Waals surface area contributed by atoms with Gasteiger partial charge in [0, 0.05) is 18.5 Å². The molecule has 2 aliphatic heterocycles. The van der Waals surface area contributed by atoms with Gasteiger partial charge in [-0.3, -0.25) is 24.6 Å². The first kappa shape index (κ1) is 24.6. The van der Waals surface area contributed by atoms with E-state index in [4.69, 9.17) is 5.11 Å². The van der Waals surface area contributed by atoms with Gasteiger partial charge in [0.15, 0.2) is 0 Å². The summed E-state index contributed by atoms with van der Waals surface area (Å²) < 4.78 is 0. The van der Waals surface area contributed by atoms with E-state index in [0.717, 1.165) is 20.8 Å². The van der Waals surface area contributed by atoms with Crippen LogP contribution in [0, 0.1) is 0 Å². The second-order valence-corrected chi connectivity index (χ2v) is 8.56. The van der Waals surface area contributed by atoms with Crippen molar-refractivity contribution in [1.29, 1.82) is 0 Å².